The Balaban J connectivity index is 1.95. The van der Waals surface area contributed by atoms with Crippen LogP contribution in [0.3, 0.4) is 0 Å². The van der Waals surface area contributed by atoms with Gasteiger partial charge < -0.3 is 15.7 Å². The molecule has 6 nitrogen and oxygen atoms in total. The molecule has 1 aliphatic rings. The molecule has 0 aromatic heterocycles. The lowest BCUT2D eigenvalue weighted by atomic mass is 9.99. The third-order valence-electron chi connectivity index (χ3n) is 3.44. The number of anilines is 1. The van der Waals surface area contributed by atoms with Crippen molar-refractivity contribution in [3.63, 3.8) is 0 Å². The largest absolute Gasteiger partial charge is 0.481 e. The maximum atomic E-state index is 13.9. The predicted octanol–water partition coefficient (Wildman–Crippen LogP) is 1.70. The van der Waals surface area contributed by atoms with Crippen LogP contribution >= 0.6 is 0 Å². The summed E-state index contributed by atoms with van der Waals surface area (Å²) in [5.41, 5.74) is 1.08. The summed E-state index contributed by atoms with van der Waals surface area (Å²) >= 11 is 0. The minimum atomic E-state index is -0.880. The summed E-state index contributed by atoms with van der Waals surface area (Å²) in [6.45, 7) is 0.291. The molecule has 22 heavy (non-hydrogen) atoms. The maximum absolute atomic E-state index is 13.9. The molecule has 1 heterocycles. The van der Waals surface area contributed by atoms with Gasteiger partial charge in [0.15, 0.2) is 0 Å². The van der Waals surface area contributed by atoms with Crippen LogP contribution in [0.2, 0.25) is 0 Å². The number of benzene rings is 1. The normalized spacial score (nSPS) is 13.2. The number of carbonyl (C=O) groups is 3. The molecule has 0 fully saturated rings. The van der Waals surface area contributed by atoms with Crippen molar-refractivity contribution < 1.29 is 23.9 Å². The van der Waals surface area contributed by atoms with E-state index in [-0.39, 0.29) is 17.9 Å². The number of hydrogen-bond acceptors (Lipinski definition) is 3. The summed E-state index contributed by atoms with van der Waals surface area (Å²) in [5, 5.41) is 13.6. The maximum Gasteiger partial charge on any atom is 0.303 e. The number of unbranched alkanes of at least 4 members (excludes halogenated alkanes) is 1. The first-order valence-electron chi connectivity index (χ1n) is 7.09. The smallest absolute Gasteiger partial charge is 0.303 e. The molecule has 3 N–H and O–H groups in total. The first-order chi connectivity index (χ1) is 10.5. The third kappa shape index (κ3) is 4.03. The molecule has 0 aliphatic carbocycles. The van der Waals surface area contributed by atoms with Gasteiger partial charge in [-0.2, -0.15) is 0 Å². The number of carbonyl (C=O) groups excluding carboxylic acids is 2. The molecule has 2 amide bonds. The number of aliphatic carboxylic acids is 1. The standard InChI is InChI=1S/C15H17FN2O4/c16-11-8-12-9(4-5-13(19)18-12)7-10(11)15(22)17-6-2-1-3-14(20)21/h7-8H,1-6H2,(H,17,22)(H,18,19)(H,20,21). The SMILES string of the molecule is O=C(O)CCCCNC(=O)c1cc2c(cc1F)NC(=O)CC2. The van der Waals surface area contributed by atoms with Crippen LogP contribution in [0.15, 0.2) is 12.1 Å². The summed E-state index contributed by atoms with van der Waals surface area (Å²) in [6.07, 6.45) is 1.80. The van der Waals surface area contributed by atoms with Gasteiger partial charge in [0.1, 0.15) is 5.82 Å². The lowest BCUT2D eigenvalue weighted by Gasteiger charge is -2.18. The number of fused-ring (bicyclic) bond motifs is 1. The highest BCUT2D eigenvalue weighted by Gasteiger charge is 2.20. The minimum Gasteiger partial charge on any atom is -0.481 e. The third-order valence-corrected chi connectivity index (χ3v) is 3.44. The van der Waals surface area contributed by atoms with E-state index < -0.39 is 17.7 Å². The zero-order chi connectivity index (χ0) is 16.1. The second kappa shape index (κ2) is 7.02. The monoisotopic (exact) mass is 308 g/mol. The molecule has 7 heteroatoms. The molecule has 1 aromatic carbocycles. The van der Waals surface area contributed by atoms with Gasteiger partial charge in [-0.05, 0) is 37.0 Å². The molecule has 1 aliphatic heterocycles. The average molecular weight is 308 g/mol. The first-order valence-corrected chi connectivity index (χ1v) is 7.09. The van der Waals surface area contributed by atoms with E-state index in [1.165, 1.54) is 6.07 Å². The Morgan fingerprint density at radius 3 is 2.77 bits per heavy atom. The fraction of sp³-hybridized carbons (Fsp3) is 0.400. The van der Waals surface area contributed by atoms with E-state index in [9.17, 15) is 18.8 Å². The number of hydrogen-bond donors (Lipinski definition) is 3. The summed E-state index contributed by atoms with van der Waals surface area (Å²) in [5.74, 6) is -2.27. The van der Waals surface area contributed by atoms with Crippen molar-refractivity contribution in [2.24, 2.45) is 0 Å². The number of nitrogens with one attached hydrogen (secondary N) is 2. The van der Waals surface area contributed by atoms with E-state index >= 15 is 0 Å². The highest BCUT2D eigenvalue weighted by molar-refractivity contribution is 5.98. The summed E-state index contributed by atoms with van der Waals surface area (Å²) < 4.78 is 13.9. The topological polar surface area (TPSA) is 95.5 Å². The van der Waals surface area contributed by atoms with Gasteiger partial charge in [-0.25, -0.2) is 4.39 Å². The van der Waals surface area contributed by atoms with Gasteiger partial charge in [0.2, 0.25) is 5.91 Å². The Morgan fingerprint density at radius 1 is 1.27 bits per heavy atom. The zero-order valence-electron chi connectivity index (χ0n) is 11.9. The Kier molecular flexibility index (Phi) is 5.08. The van der Waals surface area contributed by atoms with Gasteiger partial charge in [0.05, 0.1) is 5.56 Å². The molecule has 0 unspecified atom stereocenters. The van der Waals surface area contributed by atoms with Gasteiger partial charge in [-0.3, -0.25) is 14.4 Å². The number of rotatable bonds is 6. The van der Waals surface area contributed by atoms with Crippen LogP contribution in [0, 0.1) is 5.82 Å². The van der Waals surface area contributed by atoms with Crippen LogP contribution in [-0.4, -0.2) is 29.4 Å². The lowest BCUT2D eigenvalue weighted by molar-refractivity contribution is -0.137. The molecule has 0 atom stereocenters. The number of carboxylic acids is 1. The fourth-order valence-corrected chi connectivity index (χ4v) is 2.27. The van der Waals surface area contributed by atoms with Gasteiger partial charge in [0.25, 0.3) is 5.91 Å². The Bertz CT molecular complexity index is 616. The van der Waals surface area contributed by atoms with Gasteiger partial charge >= 0.3 is 5.97 Å². The molecule has 0 saturated carbocycles. The zero-order valence-corrected chi connectivity index (χ0v) is 11.9. The van der Waals surface area contributed by atoms with E-state index in [2.05, 4.69) is 10.6 Å². The van der Waals surface area contributed by atoms with Crippen molar-refractivity contribution >= 4 is 23.5 Å². The molecule has 118 valence electrons. The molecule has 2 rings (SSSR count). The molecular formula is C15H17FN2O4. The van der Waals surface area contributed by atoms with Gasteiger partial charge in [-0.1, -0.05) is 0 Å². The van der Waals surface area contributed by atoms with Crippen molar-refractivity contribution in [1.29, 1.82) is 0 Å². The van der Waals surface area contributed by atoms with Crippen LogP contribution in [0.5, 0.6) is 0 Å². The summed E-state index contributed by atoms with van der Waals surface area (Å²) in [7, 11) is 0. The molecule has 0 bridgehead atoms. The fourth-order valence-electron chi connectivity index (χ4n) is 2.27. The summed E-state index contributed by atoms with van der Waals surface area (Å²) in [6, 6.07) is 2.61. The number of amides is 2. The Hall–Kier alpha value is -2.44. The molecule has 0 saturated heterocycles. The Labute approximate surface area is 126 Å². The second-order valence-electron chi connectivity index (χ2n) is 5.14. The molecule has 1 aromatic rings. The minimum absolute atomic E-state index is 0.0444. The molecule has 0 radical (unpaired) electrons. The highest BCUT2D eigenvalue weighted by atomic mass is 19.1. The summed E-state index contributed by atoms with van der Waals surface area (Å²) in [4.78, 5) is 33.6. The van der Waals surface area contributed by atoms with Crippen LogP contribution in [0.4, 0.5) is 10.1 Å². The second-order valence-corrected chi connectivity index (χ2v) is 5.14. The number of aryl methyl sites for hydroxylation is 1. The number of carboxylic acid groups (broad SMARTS) is 1. The van der Waals surface area contributed by atoms with Crippen LogP contribution in [0.1, 0.15) is 41.6 Å². The van der Waals surface area contributed by atoms with Crippen molar-refractivity contribution in [2.75, 3.05) is 11.9 Å². The van der Waals surface area contributed by atoms with E-state index in [4.69, 9.17) is 5.11 Å². The van der Waals surface area contributed by atoms with Crippen LogP contribution < -0.4 is 10.6 Å². The lowest BCUT2D eigenvalue weighted by Crippen LogP contribution is -2.26. The van der Waals surface area contributed by atoms with Crippen molar-refractivity contribution in [3.05, 3.63) is 29.1 Å². The van der Waals surface area contributed by atoms with Crippen molar-refractivity contribution in [1.82, 2.24) is 5.32 Å². The highest BCUT2D eigenvalue weighted by Crippen LogP contribution is 2.25. The average Bonchev–Trinajstić information content (AvgIpc) is 2.45. The number of halogens is 1. The van der Waals surface area contributed by atoms with E-state index in [0.29, 0.717) is 37.9 Å². The predicted molar refractivity (Wildman–Crippen MR) is 77.2 cm³/mol. The van der Waals surface area contributed by atoms with Gasteiger partial charge in [0, 0.05) is 25.1 Å². The Morgan fingerprint density at radius 2 is 2.05 bits per heavy atom. The first kappa shape index (κ1) is 15.9. The quantitative estimate of drug-likeness (QED) is 0.697. The van der Waals surface area contributed by atoms with Crippen molar-refractivity contribution in [3.8, 4) is 0 Å². The van der Waals surface area contributed by atoms with Crippen LogP contribution in [0.25, 0.3) is 0 Å². The van der Waals surface area contributed by atoms with Crippen LogP contribution in [-0.2, 0) is 16.0 Å². The van der Waals surface area contributed by atoms with E-state index in [1.54, 1.807) is 0 Å². The molecular weight excluding hydrogens is 291 g/mol. The van der Waals surface area contributed by atoms with E-state index in [0.717, 1.165) is 11.6 Å². The van der Waals surface area contributed by atoms with Gasteiger partial charge in [-0.15, -0.1) is 0 Å². The molecule has 0 spiro atoms. The van der Waals surface area contributed by atoms with E-state index in [1.807, 2.05) is 0 Å². The van der Waals surface area contributed by atoms with Crippen molar-refractivity contribution in [2.45, 2.75) is 32.1 Å².